The number of hydrogen-bond donors (Lipinski definition) is 1. The maximum absolute atomic E-state index is 12.1. The van der Waals surface area contributed by atoms with Crippen molar-refractivity contribution < 1.29 is 14.3 Å². The van der Waals surface area contributed by atoms with Gasteiger partial charge in [-0.2, -0.15) is 0 Å². The van der Waals surface area contributed by atoms with Crippen LogP contribution in [0.15, 0.2) is 17.8 Å². The van der Waals surface area contributed by atoms with E-state index < -0.39 is 0 Å². The van der Waals surface area contributed by atoms with Gasteiger partial charge in [-0.3, -0.25) is 9.69 Å². The van der Waals surface area contributed by atoms with Crippen LogP contribution in [-0.4, -0.2) is 61.3 Å². The molecule has 1 saturated heterocycles. The van der Waals surface area contributed by atoms with E-state index in [4.69, 9.17) is 9.47 Å². The number of carbonyl (C=O) groups is 1. The lowest BCUT2D eigenvalue weighted by Crippen LogP contribution is -2.38. The molecular formula is C18H25N3O3. The first-order chi connectivity index (χ1) is 11.6. The van der Waals surface area contributed by atoms with E-state index in [-0.39, 0.29) is 11.9 Å². The minimum Gasteiger partial charge on any atom is -0.476 e. The molecule has 0 aromatic carbocycles. The number of nitrogens with zero attached hydrogens (tertiary/aromatic N) is 2. The molecule has 130 valence electrons. The van der Waals surface area contributed by atoms with Crippen molar-refractivity contribution in [1.82, 2.24) is 15.2 Å². The average Bonchev–Trinajstić information content (AvgIpc) is 2.99. The van der Waals surface area contributed by atoms with Crippen LogP contribution in [0, 0.1) is 0 Å². The highest BCUT2D eigenvalue weighted by molar-refractivity contribution is 6.00. The van der Waals surface area contributed by atoms with Crippen LogP contribution in [0.3, 0.4) is 0 Å². The molecule has 1 fully saturated rings. The number of ether oxygens (including phenoxy) is 2. The van der Waals surface area contributed by atoms with E-state index in [0.717, 1.165) is 49.5 Å². The molecule has 6 heteroatoms. The highest BCUT2D eigenvalue weighted by Crippen LogP contribution is 2.27. The second kappa shape index (κ2) is 7.77. The Hall–Kier alpha value is -1.92. The fourth-order valence-electron chi connectivity index (χ4n) is 2.89. The zero-order valence-corrected chi connectivity index (χ0v) is 14.4. The molecular weight excluding hydrogens is 306 g/mol. The fourth-order valence-corrected chi connectivity index (χ4v) is 2.89. The zero-order valence-electron chi connectivity index (χ0n) is 14.4. The summed E-state index contributed by atoms with van der Waals surface area (Å²) in [6.45, 7) is 8.91. The van der Waals surface area contributed by atoms with Crippen LogP contribution in [0.4, 0.5) is 0 Å². The summed E-state index contributed by atoms with van der Waals surface area (Å²) < 4.78 is 11.1. The number of aromatic nitrogens is 1. The predicted octanol–water partition coefficient (Wildman–Crippen LogP) is 1.26. The van der Waals surface area contributed by atoms with Gasteiger partial charge in [0.25, 0.3) is 0 Å². The van der Waals surface area contributed by atoms with Crippen molar-refractivity contribution in [3.63, 3.8) is 0 Å². The number of rotatable bonds is 6. The maximum atomic E-state index is 12.1. The van der Waals surface area contributed by atoms with E-state index in [1.807, 2.05) is 32.2 Å². The molecule has 1 amide bonds. The van der Waals surface area contributed by atoms with Crippen LogP contribution in [0.25, 0.3) is 6.08 Å². The van der Waals surface area contributed by atoms with Crippen molar-refractivity contribution in [1.29, 1.82) is 0 Å². The molecule has 1 aromatic heterocycles. The Morgan fingerprint density at radius 2 is 2.21 bits per heavy atom. The van der Waals surface area contributed by atoms with Crippen molar-refractivity contribution in [2.24, 2.45) is 0 Å². The molecule has 1 aliphatic heterocycles. The topological polar surface area (TPSA) is 63.7 Å². The summed E-state index contributed by atoms with van der Waals surface area (Å²) in [6.07, 6.45) is 4.38. The molecule has 1 N–H and O–H groups in total. The number of amides is 1. The van der Waals surface area contributed by atoms with Crippen molar-refractivity contribution in [2.45, 2.75) is 26.3 Å². The van der Waals surface area contributed by atoms with Crippen LogP contribution in [0.2, 0.25) is 0 Å². The van der Waals surface area contributed by atoms with Gasteiger partial charge in [0, 0.05) is 49.9 Å². The highest BCUT2D eigenvalue weighted by Gasteiger charge is 2.20. The lowest BCUT2D eigenvalue weighted by Gasteiger charge is -2.26. The molecule has 0 bridgehead atoms. The van der Waals surface area contributed by atoms with E-state index in [2.05, 4.69) is 15.2 Å². The van der Waals surface area contributed by atoms with Crippen LogP contribution >= 0.6 is 0 Å². The molecule has 1 aromatic rings. The summed E-state index contributed by atoms with van der Waals surface area (Å²) in [4.78, 5) is 18.8. The zero-order chi connectivity index (χ0) is 16.9. The first-order valence-corrected chi connectivity index (χ1v) is 8.55. The van der Waals surface area contributed by atoms with E-state index in [1.165, 1.54) is 0 Å². The van der Waals surface area contributed by atoms with Gasteiger partial charge in [-0.15, -0.1) is 0 Å². The van der Waals surface area contributed by atoms with Crippen LogP contribution < -0.4 is 10.1 Å². The van der Waals surface area contributed by atoms with Gasteiger partial charge in [0.2, 0.25) is 11.8 Å². The minimum atomic E-state index is -0.00372. The smallest absolute Gasteiger partial charge is 0.247 e. The Bertz CT molecular complexity index is 622. The van der Waals surface area contributed by atoms with E-state index in [1.54, 1.807) is 0 Å². The third-order valence-corrected chi connectivity index (χ3v) is 4.18. The lowest BCUT2D eigenvalue weighted by atomic mass is 10.1. The summed E-state index contributed by atoms with van der Waals surface area (Å²) >= 11 is 0. The largest absolute Gasteiger partial charge is 0.476 e. The Kier molecular flexibility index (Phi) is 5.48. The SMILES string of the molecule is CC(C)NC(=O)C1=Cc2cc(OCCN3CCOCC3)ncc2C1. The van der Waals surface area contributed by atoms with Crippen molar-refractivity contribution in [2.75, 3.05) is 39.5 Å². The summed E-state index contributed by atoms with van der Waals surface area (Å²) in [6, 6.07) is 2.06. The van der Waals surface area contributed by atoms with Crippen LogP contribution in [0.5, 0.6) is 5.88 Å². The molecule has 0 saturated carbocycles. The standard InChI is InChI=1S/C18H25N3O3/c1-13(2)20-18(22)15-9-14-11-17(19-12-16(14)10-15)24-8-5-21-3-6-23-7-4-21/h9,11-13H,3-8,10H2,1-2H3,(H,20,22). The molecule has 1 aliphatic carbocycles. The first kappa shape index (κ1) is 16.9. The molecule has 0 atom stereocenters. The lowest BCUT2D eigenvalue weighted by molar-refractivity contribution is -0.117. The molecule has 0 unspecified atom stereocenters. The van der Waals surface area contributed by atoms with Crippen LogP contribution in [0.1, 0.15) is 25.0 Å². The quantitative estimate of drug-likeness (QED) is 0.850. The second-order valence-electron chi connectivity index (χ2n) is 6.50. The number of fused-ring (bicyclic) bond motifs is 1. The van der Waals surface area contributed by atoms with Gasteiger partial charge in [-0.1, -0.05) is 0 Å². The van der Waals surface area contributed by atoms with Gasteiger partial charge < -0.3 is 14.8 Å². The van der Waals surface area contributed by atoms with Gasteiger partial charge in [-0.05, 0) is 31.1 Å². The molecule has 24 heavy (non-hydrogen) atoms. The first-order valence-electron chi connectivity index (χ1n) is 8.55. The molecule has 2 heterocycles. The number of carbonyl (C=O) groups excluding carboxylic acids is 1. The van der Waals surface area contributed by atoms with Crippen LogP contribution in [-0.2, 0) is 16.0 Å². The Balaban J connectivity index is 1.54. The number of pyridine rings is 1. The summed E-state index contributed by atoms with van der Waals surface area (Å²) in [5.41, 5.74) is 2.88. The van der Waals surface area contributed by atoms with Crippen molar-refractivity contribution >= 4 is 12.0 Å². The van der Waals surface area contributed by atoms with E-state index in [9.17, 15) is 4.79 Å². The van der Waals surface area contributed by atoms with Gasteiger partial charge in [0.05, 0.1) is 13.2 Å². The summed E-state index contributed by atoms with van der Waals surface area (Å²) in [7, 11) is 0. The monoisotopic (exact) mass is 331 g/mol. The Morgan fingerprint density at radius 3 is 2.96 bits per heavy atom. The van der Waals surface area contributed by atoms with E-state index in [0.29, 0.717) is 18.9 Å². The predicted molar refractivity (Wildman–Crippen MR) is 92.0 cm³/mol. The van der Waals surface area contributed by atoms with Crippen molar-refractivity contribution in [3.8, 4) is 5.88 Å². The normalized spacial score (nSPS) is 17.5. The second-order valence-corrected chi connectivity index (χ2v) is 6.50. The number of hydrogen-bond acceptors (Lipinski definition) is 5. The van der Waals surface area contributed by atoms with Gasteiger partial charge in [0.15, 0.2) is 0 Å². The molecule has 3 rings (SSSR count). The fraction of sp³-hybridized carbons (Fsp3) is 0.556. The Morgan fingerprint density at radius 1 is 1.42 bits per heavy atom. The van der Waals surface area contributed by atoms with Gasteiger partial charge >= 0.3 is 0 Å². The molecule has 2 aliphatic rings. The molecule has 6 nitrogen and oxygen atoms in total. The third kappa shape index (κ3) is 4.33. The number of nitrogens with one attached hydrogen (secondary N) is 1. The van der Waals surface area contributed by atoms with E-state index >= 15 is 0 Å². The average molecular weight is 331 g/mol. The Labute approximate surface area is 142 Å². The number of morpholine rings is 1. The van der Waals surface area contributed by atoms with Crippen molar-refractivity contribution in [3.05, 3.63) is 29.0 Å². The molecule has 0 spiro atoms. The maximum Gasteiger partial charge on any atom is 0.247 e. The molecule has 0 radical (unpaired) electrons. The highest BCUT2D eigenvalue weighted by atomic mass is 16.5. The summed E-state index contributed by atoms with van der Waals surface area (Å²) in [5, 5.41) is 2.93. The summed E-state index contributed by atoms with van der Waals surface area (Å²) in [5.74, 6) is 0.611. The van der Waals surface area contributed by atoms with Gasteiger partial charge in [-0.25, -0.2) is 4.98 Å². The van der Waals surface area contributed by atoms with Gasteiger partial charge in [0.1, 0.15) is 6.61 Å². The third-order valence-electron chi connectivity index (χ3n) is 4.18. The minimum absolute atomic E-state index is 0.00372.